The van der Waals surface area contributed by atoms with Gasteiger partial charge in [0.1, 0.15) is 5.00 Å². The van der Waals surface area contributed by atoms with Gasteiger partial charge in [-0.25, -0.2) is 0 Å². The predicted molar refractivity (Wildman–Crippen MR) is 106 cm³/mol. The summed E-state index contributed by atoms with van der Waals surface area (Å²) in [4.78, 5) is 26.4. The molecule has 2 N–H and O–H groups in total. The molecule has 2 aromatic rings. The highest BCUT2D eigenvalue weighted by molar-refractivity contribution is 9.10. The number of carbonyl (C=O) groups excluding carboxylic acids is 2. The molecule has 4 nitrogen and oxygen atoms in total. The van der Waals surface area contributed by atoms with E-state index in [9.17, 15) is 9.59 Å². The van der Waals surface area contributed by atoms with E-state index in [2.05, 4.69) is 33.1 Å². The topological polar surface area (TPSA) is 58.2 Å². The quantitative estimate of drug-likeness (QED) is 0.699. The third kappa shape index (κ3) is 4.02. The van der Waals surface area contributed by atoms with Crippen molar-refractivity contribution in [3.63, 3.8) is 0 Å². The summed E-state index contributed by atoms with van der Waals surface area (Å²) in [6.07, 6.45) is 5.70. The van der Waals surface area contributed by atoms with Crippen molar-refractivity contribution in [2.45, 2.75) is 25.7 Å². The summed E-state index contributed by atoms with van der Waals surface area (Å²) in [6, 6.07) is 7.16. The Morgan fingerprint density at radius 1 is 1.16 bits per heavy atom. The van der Waals surface area contributed by atoms with Gasteiger partial charge in [-0.05, 0) is 55.5 Å². The van der Waals surface area contributed by atoms with Crippen LogP contribution in [0.2, 0.25) is 0 Å². The van der Waals surface area contributed by atoms with Crippen LogP contribution in [0.25, 0.3) is 0 Å². The highest BCUT2D eigenvalue weighted by Crippen LogP contribution is 2.38. The Labute approximate surface area is 159 Å². The molecule has 25 heavy (non-hydrogen) atoms. The van der Waals surface area contributed by atoms with E-state index < -0.39 is 0 Å². The number of amides is 2. The van der Waals surface area contributed by atoms with E-state index in [0.29, 0.717) is 22.7 Å². The average molecular weight is 419 g/mol. The van der Waals surface area contributed by atoms with Crippen molar-refractivity contribution in [2.75, 3.05) is 11.9 Å². The van der Waals surface area contributed by atoms with Gasteiger partial charge >= 0.3 is 0 Å². The minimum Gasteiger partial charge on any atom is -0.348 e. The largest absolute Gasteiger partial charge is 0.348 e. The van der Waals surface area contributed by atoms with Gasteiger partial charge in [0.05, 0.1) is 5.56 Å². The number of hydrogen-bond acceptors (Lipinski definition) is 3. The van der Waals surface area contributed by atoms with Crippen LogP contribution in [-0.2, 0) is 12.8 Å². The molecule has 0 bridgehead atoms. The lowest BCUT2D eigenvalue weighted by molar-refractivity contribution is 0.0958. The van der Waals surface area contributed by atoms with Crippen LogP contribution in [0.4, 0.5) is 5.00 Å². The zero-order chi connectivity index (χ0) is 17.8. The third-order valence-corrected chi connectivity index (χ3v) is 5.87. The molecule has 1 heterocycles. The van der Waals surface area contributed by atoms with Crippen LogP contribution in [0, 0.1) is 0 Å². The standard InChI is InChI=1S/C19H19BrN2O2S/c1-2-11-21-18(24)16-14-5-3-4-6-15(14)25-19(16)22-17(23)12-7-9-13(20)10-8-12/h2,7-10H,1,3-6,11H2,(H,21,24)(H,22,23). The van der Waals surface area contributed by atoms with E-state index in [-0.39, 0.29) is 11.8 Å². The number of anilines is 1. The zero-order valence-corrected chi connectivity index (χ0v) is 16.1. The first-order valence-electron chi connectivity index (χ1n) is 8.20. The molecule has 0 spiro atoms. The van der Waals surface area contributed by atoms with Gasteiger partial charge in [-0.2, -0.15) is 0 Å². The Morgan fingerprint density at radius 2 is 1.88 bits per heavy atom. The van der Waals surface area contributed by atoms with Crippen LogP contribution in [-0.4, -0.2) is 18.4 Å². The Kier molecular flexibility index (Phi) is 5.71. The summed E-state index contributed by atoms with van der Waals surface area (Å²) in [5.41, 5.74) is 2.27. The summed E-state index contributed by atoms with van der Waals surface area (Å²) in [6.45, 7) is 4.04. The molecule has 1 aromatic heterocycles. The van der Waals surface area contributed by atoms with Crippen molar-refractivity contribution in [3.05, 3.63) is 63.0 Å². The lowest BCUT2D eigenvalue weighted by Crippen LogP contribution is -2.25. The summed E-state index contributed by atoms with van der Waals surface area (Å²) in [5, 5.41) is 6.42. The van der Waals surface area contributed by atoms with Gasteiger partial charge in [-0.1, -0.05) is 22.0 Å². The highest BCUT2D eigenvalue weighted by atomic mass is 79.9. The van der Waals surface area contributed by atoms with Crippen LogP contribution < -0.4 is 10.6 Å². The first kappa shape index (κ1) is 17.9. The molecule has 0 radical (unpaired) electrons. The predicted octanol–water partition coefficient (Wildman–Crippen LogP) is 4.56. The van der Waals surface area contributed by atoms with E-state index in [1.165, 1.54) is 16.2 Å². The minimum absolute atomic E-state index is 0.148. The number of fused-ring (bicyclic) bond motifs is 1. The summed E-state index contributed by atoms with van der Waals surface area (Å²) < 4.78 is 0.917. The highest BCUT2D eigenvalue weighted by Gasteiger charge is 2.26. The molecule has 0 saturated carbocycles. The molecule has 3 rings (SSSR count). The first-order chi connectivity index (χ1) is 12.1. The van der Waals surface area contributed by atoms with Gasteiger partial charge in [0.15, 0.2) is 0 Å². The molecule has 0 atom stereocenters. The molecule has 1 aliphatic rings. The Balaban J connectivity index is 1.90. The smallest absolute Gasteiger partial charge is 0.256 e. The minimum atomic E-state index is -0.205. The second-order valence-electron chi connectivity index (χ2n) is 5.87. The molecular formula is C19H19BrN2O2S. The van der Waals surface area contributed by atoms with Crippen LogP contribution in [0.5, 0.6) is 0 Å². The number of rotatable bonds is 5. The maximum Gasteiger partial charge on any atom is 0.256 e. The van der Waals surface area contributed by atoms with E-state index in [4.69, 9.17) is 0 Å². The van der Waals surface area contributed by atoms with Gasteiger partial charge < -0.3 is 10.6 Å². The second kappa shape index (κ2) is 7.97. The van der Waals surface area contributed by atoms with Crippen molar-refractivity contribution in [2.24, 2.45) is 0 Å². The van der Waals surface area contributed by atoms with Crippen LogP contribution in [0.15, 0.2) is 41.4 Å². The molecule has 130 valence electrons. The summed E-state index contributed by atoms with van der Waals surface area (Å²) >= 11 is 4.89. The van der Waals surface area contributed by atoms with Crippen molar-refractivity contribution in [1.82, 2.24) is 5.32 Å². The SMILES string of the molecule is C=CCNC(=O)c1c(NC(=O)c2ccc(Br)cc2)sc2c1CCCC2. The fraction of sp³-hybridized carbons (Fsp3) is 0.263. The Hall–Kier alpha value is -1.92. The maximum atomic E-state index is 12.6. The number of halogens is 1. The number of carbonyl (C=O) groups is 2. The average Bonchev–Trinajstić information content (AvgIpc) is 2.98. The maximum absolute atomic E-state index is 12.6. The molecule has 1 aliphatic carbocycles. The lowest BCUT2D eigenvalue weighted by Gasteiger charge is -2.13. The fourth-order valence-corrected chi connectivity index (χ4v) is 4.47. The van der Waals surface area contributed by atoms with Crippen LogP contribution in [0.3, 0.4) is 0 Å². The molecule has 2 amide bonds. The summed E-state index contributed by atoms with van der Waals surface area (Å²) in [7, 11) is 0. The number of hydrogen-bond donors (Lipinski definition) is 2. The summed E-state index contributed by atoms with van der Waals surface area (Å²) in [5.74, 6) is -0.353. The van der Waals surface area contributed by atoms with Gasteiger partial charge in [-0.15, -0.1) is 17.9 Å². The number of nitrogens with one attached hydrogen (secondary N) is 2. The van der Waals surface area contributed by atoms with Crippen molar-refractivity contribution < 1.29 is 9.59 Å². The van der Waals surface area contributed by atoms with E-state index in [1.54, 1.807) is 18.2 Å². The van der Waals surface area contributed by atoms with Gasteiger partial charge in [-0.3, -0.25) is 9.59 Å². The molecular weight excluding hydrogens is 400 g/mol. The molecule has 6 heteroatoms. The second-order valence-corrected chi connectivity index (χ2v) is 7.90. The monoisotopic (exact) mass is 418 g/mol. The van der Waals surface area contributed by atoms with E-state index >= 15 is 0 Å². The molecule has 0 unspecified atom stereocenters. The first-order valence-corrected chi connectivity index (χ1v) is 9.81. The van der Waals surface area contributed by atoms with E-state index in [0.717, 1.165) is 35.7 Å². The Bertz CT molecular complexity index is 812. The lowest BCUT2D eigenvalue weighted by atomic mass is 9.95. The molecule has 1 aromatic carbocycles. The number of thiophene rings is 1. The van der Waals surface area contributed by atoms with Crippen molar-refractivity contribution >= 4 is 44.1 Å². The van der Waals surface area contributed by atoms with Crippen molar-refractivity contribution in [3.8, 4) is 0 Å². The number of aryl methyl sites for hydroxylation is 1. The molecule has 0 fully saturated rings. The van der Waals surface area contributed by atoms with Gasteiger partial charge in [0.25, 0.3) is 11.8 Å². The van der Waals surface area contributed by atoms with Crippen molar-refractivity contribution in [1.29, 1.82) is 0 Å². The fourth-order valence-electron chi connectivity index (χ4n) is 2.92. The zero-order valence-electron chi connectivity index (χ0n) is 13.7. The molecule has 0 aliphatic heterocycles. The molecule has 0 saturated heterocycles. The number of benzene rings is 1. The van der Waals surface area contributed by atoms with Gasteiger partial charge in [0, 0.05) is 21.5 Å². The Morgan fingerprint density at radius 3 is 2.60 bits per heavy atom. The normalized spacial score (nSPS) is 13.0. The van der Waals surface area contributed by atoms with Crippen LogP contribution >= 0.6 is 27.3 Å². The van der Waals surface area contributed by atoms with Gasteiger partial charge in [0.2, 0.25) is 0 Å². The third-order valence-electron chi connectivity index (χ3n) is 4.14. The van der Waals surface area contributed by atoms with E-state index in [1.807, 2.05) is 12.1 Å². The van der Waals surface area contributed by atoms with Crippen LogP contribution in [0.1, 0.15) is 44.0 Å².